The molecule has 0 saturated carbocycles. The molecule has 3 rings (SSSR count). The van der Waals surface area contributed by atoms with Crippen molar-refractivity contribution in [1.29, 1.82) is 0 Å². The average Bonchev–Trinajstić information content (AvgIpc) is 2.74. The van der Waals surface area contributed by atoms with E-state index in [1.807, 2.05) is 0 Å². The molecule has 0 atom stereocenters. The van der Waals surface area contributed by atoms with Crippen molar-refractivity contribution < 1.29 is 26.1 Å². The van der Waals surface area contributed by atoms with Gasteiger partial charge in [0.25, 0.3) is 0 Å². The molecule has 0 N–H and O–H groups in total. The fourth-order valence-corrected chi connectivity index (χ4v) is 5.00. The van der Waals surface area contributed by atoms with Gasteiger partial charge in [-0.15, -0.1) is 0 Å². The molecule has 0 aliphatic carbocycles. The van der Waals surface area contributed by atoms with Crippen molar-refractivity contribution >= 4 is 21.0 Å². The van der Waals surface area contributed by atoms with Gasteiger partial charge in [0.2, 0.25) is 0 Å². The highest BCUT2D eigenvalue weighted by atomic mass is 32.2. The average molecular weight is 497 g/mol. The maximum absolute atomic E-state index is 10.7. The lowest BCUT2D eigenvalue weighted by atomic mass is 10.0. The third-order valence-corrected chi connectivity index (χ3v) is 7.62. The van der Waals surface area contributed by atoms with E-state index in [1.54, 1.807) is 0 Å². The summed E-state index contributed by atoms with van der Waals surface area (Å²) in [5.74, 6) is 1.13. The summed E-state index contributed by atoms with van der Waals surface area (Å²) < 4.78 is 58.9. The monoisotopic (exact) mass is 496 g/mol. The largest absolute Gasteiger partial charge is 0.741 e. The third-order valence-electron chi connectivity index (χ3n) is 4.83. The van der Waals surface area contributed by atoms with Crippen LogP contribution in [0.3, 0.4) is 0 Å². The van der Waals surface area contributed by atoms with E-state index in [-0.39, 0.29) is 10.9 Å². The van der Waals surface area contributed by atoms with Crippen LogP contribution in [0.5, 0.6) is 0 Å². The summed E-state index contributed by atoms with van der Waals surface area (Å²) in [5.41, 5.74) is -2.85. The van der Waals surface area contributed by atoms with Crippen LogP contribution in [-0.4, -0.2) is 18.5 Å². The molecule has 0 aliphatic heterocycles. The SMILES string of the molecule is CC(C)c1ccc([S+](c2ccccc2)c2ccc(C(C)C)cc2)cc1.O=S(=O)([O-])C(F)(F)F. The molecule has 0 bridgehead atoms. The standard InChI is InChI=1S/C24H27S.CHF3O3S/c1-18(2)20-10-14-23(15-11-20)25(22-8-6-5-7-9-22)24-16-12-21(13-17-24)19(3)4;2-1(3,4)8(5,6)7/h5-19H,1-4H3;(H,5,6,7)/q+1;/p-1. The number of hydrogen-bond acceptors (Lipinski definition) is 3. The molecule has 0 radical (unpaired) electrons. The van der Waals surface area contributed by atoms with Crippen molar-refractivity contribution in [3.05, 3.63) is 90.0 Å². The highest BCUT2D eigenvalue weighted by molar-refractivity contribution is 7.97. The summed E-state index contributed by atoms with van der Waals surface area (Å²) in [6.45, 7) is 8.99. The number of benzene rings is 3. The number of rotatable bonds is 5. The summed E-state index contributed by atoms with van der Waals surface area (Å²) in [6.07, 6.45) is 0. The summed E-state index contributed by atoms with van der Waals surface area (Å²) in [5, 5.41) is 0. The molecule has 0 saturated heterocycles. The topological polar surface area (TPSA) is 57.2 Å². The van der Waals surface area contributed by atoms with Crippen molar-refractivity contribution in [2.45, 2.75) is 59.7 Å². The normalized spacial score (nSPS) is 12.1. The van der Waals surface area contributed by atoms with Gasteiger partial charge >= 0.3 is 5.51 Å². The summed E-state index contributed by atoms with van der Waals surface area (Å²) in [6, 6.07) is 29.2. The molecule has 33 heavy (non-hydrogen) atoms. The number of halogens is 3. The van der Waals surface area contributed by atoms with E-state index in [1.165, 1.54) is 25.8 Å². The van der Waals surface area contributed by atoms with Gasteiger partial charge in [-0.2, -0.15) is 13.2 Å². The van der Waals surface area contributed by atoms with Gasteiger partial charge in [-0.3, -0.25) is 0 Å². The first-order chi connectivity index (χ1) is 15.3. The maximum atomic E-state index is 10.7. The minimum Gasteiger partial charge on any atom is -0.741 e. The second kappa shape index (κ2) is 11.2. The molecule has 3 nitrogen and oxygen atoms in total. The predicted octanol–water partition coefficient (Wildman–Crippen LogP) is 7.08. The van der Waals surface area contributed by atoms with Gasteiger partial charge in [0.1, 0.15) is 0 Å². The molecule has 0 heterocycles. The maximum Gasteiger partial charge on any atom is 0.485 e. The molecule has 8 heteroatoms. The fraction of sp³-hybridized carbons (Fsp3) is 0.280. The molecular formula is C25H27F3O3S2. The molecule has 0 aliphatic rings. The Hall–Kier alpha value is -2.29. The van der Waals surface area contributed by atoms with Gasteiger partial charge in [-0.05, 0) is 59.4 Å². The Morgan fingerprint density at radius 3 is 1.24 bits per heavy atom. The first-order valence-corrected chi connectivity index (χ1v) is 13.0. The Labute approximate surface area is 196 Å². The first-order valence-electron chi connectivity index (χ1n) is 10.3. The zero-order valence-electron chi connectivity index (χ0n) is 18.8. The highest BCUT2D eigenvalue weighted by Gasteiger charge is 2.37. The van der Waals surface area contributed by atoms with Gasteiger partial charge in [-0.1, -0.05) is 70.2 Å². The molecule has 3 aromatic rings. The van der Waals surface area contributed by atoms with E-state index in [9.17, 15) is 13.2 Å². The van der Waals surface area contributed by atoms with Crippen molar-refractivity contribution in [3.63, 3.8) is 0 Å². The Morgan fingerprint density at radius 2 is 0.970 bits per heavy atom. The Balaban J connectivity index is 0.000000414. The van der Waals surface area contributed by atoms with Crippen molar-refractivity contribution in [2.75, 3.05) is 0 Å². The highest BCUT2D eigenvalue weighted by Crippen LogP contribution is 2.32. The minimum absolute atomic E-state index is 0.0576. The zero-order chi connectivity index (χ0) is 24.8. The molecule has 0 unspecified atom stereocenters. The number of alkyl halides is 3. The van der Waals surface area contributed by atoms with Crippen LogP contribution in [-0.2, 0) is 21.0 Å². The molecule has 3 aromatic carbocycles. The van der Waals surface area contributed by atoms with Crippen LogP contribution in [0, 0.1) is 0 Å². The molecule has 0 amide bonds. The Bertz CT molecular complexity index is 1060. The first kappa shape index (κ1) is 27.0. The van der Waals surface area contributed by atoms with Gasteiger partial charge < -0.3 is 4.55 Å². The molecular weight excluding hydrogens is 469 g/mol. The van der Waals surface area contributed by atoms with Gasteiger partial charge in [0, 0.05) is 0 Å². The third kappa shape index (κ3) is 7.62. The summed E-state index contributed by atoms with van der Waals surface area (Å²) >= 11 is 0. The van der Waals surface area contributed by atoms with Crippen LogP contribution in [0.4, 0.5) is 13.2 Å². The van der Waals surface area contributed by atoms with Crippen LogP contribution in [0.1, 0.15) is 50.7 Å². The second-order valence-corrected chi connectivity index (χ2v) is 11.4. The summed E-state index contributed by atoms with van der Waals surface area (Å²) in [4.78, 5) is 4.14. The molecule has 0 spiro atoms. The quantitative estimate of drug-likeness (QED) is 0.215. The van der Waals surface area contributed by atoms with Crippen molar-refractivity contribution in [2.24, 2.45) is 0 Å². The second-order valence-electron chi connectivity index (χ2n) is 7.97. The van der Waals surface area contributed by atoms with E-state index >= 15 is 0 Å². The number of hydrogen-bond donors (Lipinski definition) is 0. The fourth-order valence-electron chi connectivity index (χ4n) is 2.94. The van der Waals surface area contributed by atoms with E-state index < -0.39 is 15.6 Å². The van der Waals surface area contributed by atoms with E-state index in [4.69, 9.17) is 13.0 Å². The smallest absolute Gasteiger partial charge is 0.485 e. The lowest BCUT2D eigenvalue weighted by molar-refractivity contribution is -0.0517. The lowest BCUT2D eigenvalue weighted by Gasteiger charge is -2.11. The lowest BCUT2D eigenvalue weighted by Crippen LogP contribution is -2.21. The van der Waals surface area contributed by atoms with Crippen LogP contribution in [0.25, 0.3) is 0 Å². The van der Waals surface area contributed by atoms with E-state index in [0.29, 0.717) is 11.8 Å². The summed E-state index contributed by atoms with van der Waals surface area (Å²) in [7, 11) is -6.15. The van der Waals surface area contributed by atoms with Gasteiger partial charge in [0.05, 0.1) is 10.9 Å². The van der Waals surface area contributed by atoms with Crippen LogP contribution >= 0.6 is 0 Å². The van der Waals surface area contributed by atoms with Crippen molar-refractivity contribution in [3.8, 4) is 0 Å². The van der Waals surface area contributed by atoms with Crippen LogP contribution in [0.2, 0.25) is 0 Å². The van der Waals surface area contributed by atoms with Gasteiger partial charge in [0.15, 0.2) is 24.8 Å². The van der Waals surface area contributed by atoms with E-state index in [2.05, 4.69) is 107 Å². The van der Waals surface area contributed by atoms with Crippen LogP contribution in [0.15, 0.2) is 93.5 Å². The van der Waals surface area contributed by atoms with Crippen LogP contribution < -0.4 is 0 Å². The van der Waals surface area contributed by atoms with Crippen molar-refractivity contribution in [1.82, 2.24) is 0 Å². The Kier molecular flexibility index (Phi) is 9.17. The van der Waals surface area contributed by atoms with Gasteiger partial charge in [-0.25, -0.2) is 8.42 Å². The Morgan fingerprint density at radius 1 is 0.667 bits per heavy atom. The molecule has 0 fully saturated rings. The zero-order valence-corrected chi connectivity index (χ0v) is 20.5. The predicted molar refractivity (Wildman–Crippen MR) is 125 cm³/mol. The molecule has 0 aromatic heterocycles. The minimum atomic E-state index is -6.09. The van der Waals surface area contributed by atoms with E-state index in [0.717, 1.165) is 0 Å². The molecule has 178 valence electrons.